The zero-order valence-electron chi connectivity index (χ0n) is 26.8. The third-order valence-electron chi connectivity index (χ3n) is 8.00. The van der Waals surface area contributed by atoms with Gasteiger partial charge in [-0.05, 0) is 100 Å². The number of allylic oxidation sites excluding steroid dienone is 4. The van der Waals surface area contributed by atoms with Crippen LogP contribution in [0.3, 0.4) is 0 Å². The fourth-order valence-corrected chi connectivity index (χ4v) is 8.81. The number of likely N-dealkylation sites (N-methyl/N-ethyl adjacent to an activating group) is 1. The topological polar surface area (TPSA) is 3.24 Å². The molecule has 0 N–H and O–H groups in total. The molecule has 1 aromatic rings. The number of unbranched alkanes of at least 4 members (excludes halogenated alkanes) is 2. The van der Waals surface area contributed by atoms with Gasteiger partial charge in [0.1, 0.15) is 0 Å². The molecule has 3 rings (SSSR count). The third kappa shape index (κ3) is 9.76. The van der Waals surface area contributed by atoms with E-state index in [1.807, 2.05) is 6.92 Å². The Morgan fingerprint density at radius 2 is 1.90 bits per heavy atom. The number of nitrogens with zero attached hydrogens (tertiary/aromatic N) is 1. The van der Waals surface area contributed by atoms with Crippen LogP contribution in [0.25, 0.3) is 0 Å². The van der Waals surface area contributed by atoms with Crippen molar-refractivity contribution < 1.29 is 0 Å². The molecule has 1 nitrogen and oxygen atoms in total. The Hall–Kier alpha value is -1.58. The summed E-state index contributed by atoms with van der Waals surface area (Å²) in [7, 11) is 0. The molecule has 3 heteroatoms. The standard InChI is InChI=1S/C34H51NS2.C3H6/c1-9-12-13-16-28-19-27(8)32(29-17-14-15-25(6)18-29)30(20-28)21-36-22-31-23-37-34(26(7)10-2)35(11-3)33(31)24(4)5;1-3-2/h10,18-20,26,29,34H,2,4,9,11-17,21-23H2,1,3,5-8H3;3H,1H2,2H3. The van der Waals surface area contributed by atoms with Crippen molar-refractivity contribution in [2.45, 2.75) is 110 Å². The highest BCUT2D eigenvalue weighted by Gasteiger charge is 2.31. The van der Waals surface area contributed by atoms with Gasteiger partial charge in [0.15, 0.2) is 0 Å². The Kier molecular flexibility index (Phi) is 15.6. The lowest BCUT2D eigenvalue weighted by Crippen LogP contribution is -2.40. The van der Waals surface area contributed by atoms with Gasteiger partial charge in [0.05, 0.1) is 5.37 Å². The lowest BCUT2D eigenvalue weighted by Gasteiger charge is -2.42. The number of benzene rings is 1. The van der Waals surface area contributed by atoms with Gasteiger partial charge in [0.2, 0.25) is 0 Å². The highest BCUT2D eigenvalue weighted by molar-refractivity contribution is 8.00. The van der Waals surface area contributed by atoms with Crippen LogP contribution in [0.4, 0.5) is 0 Å². The minimum Gasteiger partial charge on any atom is -0.359 e. The van der Waals surface area contributed by atoms with Crippen molar-refractivity contribution >= 4 is 23.5 Å². The normalized spacial score (nSPS) is 19.9. The predicted molar refractivity (Wildman–Crippen MR) is 187 cm³/mol. The van der Waals surface area contributed by atoms with Crippen LogP contribution in [0.2, 0.25) is 0 Å². The van der Waals surface area contributed by atoms with E-state index in [2.05, 4.69) is 114 Å². The largest absolute Gasteiger partial charge is 0.359 e. The third-order valence-corrected chi connectivity index (χ3v) is 10.6. The van der Waals surface area contributed by atoms with Gasteiger partial charge >= 0.3 is 0 Å². The van der Waals surface area contributed by atoms with E-state index in [0.29, 0.717) is 17.2 Å². The second-order valence-electron chi connectivity index (χ2n) is 11.7. The summed E-state index contributed by atoms with van der Waals surface area (Å²) in [6.07, 6.45) is 15.4. The summed E-state index contributed by atoms with van der Waals surface area (Å²) >= 11 is 4.19. The average Bonchev–Trinajstić information content (AvgIpc) is 2.92. The number of rotatable bonds is 13. The number of thioether (sulfide) groups is 2. The Bertz CT molecular complexity index is 1050. The van der Waals surface area contributed by atoms with Crippen molar-refractivity contribution in [2.24, 2.45) is 5.92 Å². The molecule has 2 aliphatic rings. The van der Waals surface area contributed by atoms with Crippen LogP contribution in [-0.4, -0.2) is 28.3 Å². The van der Waals surface area contributed by atoms with Crippen LogP contribution in [0.1, 0.15) is 108 Å². The first-order valence-electron chi connectivity index (χ1n) is 15.5. The predicted octanol–water partition coefficient (Wildman–Crippen LogP) is 11.4. The van der Waals surface area contributed by atoms with Gasteiger partial charge in [-0.3, -0.25) is 0 Å². The lowest BCUT2D eigenvalue weighted by molar-refractivity contribution is 0.301. The highest BCUT2D eigenvalue weighted by Crippen LogP contribution is 2.40. The van der Waals surface area contributed by atoms with Gasteiger partial charge in [-0.25, -0.2) is 0 Å². The Balaban J connectivity index is 0.00000178. The van der Waals surface area contributed by atoms with E-state index in [4.69, 9.17) is 0 Å². The van der Waals surface area contributed by atoms with Gasteiger partial charge in [-0.1, -0.05) is 69.2 Å². The molecule has 1 aliphatic heterocycles. The van der Waals surface area contributed by atoms with Crippen LogP contribution < -0.4 is 0 Å². The molecular weight excluding hydrogens is 523 g/mol. The summed E-state index contributed by atoms with van der Waals surface area (Å²) in [5, 5.41) is 0.457. The van der Waals surface area contributed by atoms with E-state index in [1.165, 1.54) is 67.3 Å². The van der Waals surface area contributed by atoms with Gasteiger partial charge in [-0.2, -0.15) is 11.8 Å². The molecule has 1 aromatic carbocycles. The summed E-state index contributed by atoms with van der Waals surface area (Å²) in [4.78, 5) is 2.58. The SMILES string of the molecule is C=CC.C=CC(C)C1SCC(CSCc2cc(CCCCC)cc(C)c2C2C=C(C)CCC2)=C(C(=C)C)N1CC. The molecule has 1 aliphatic carbocycles. The molecule has 0 saturated carbocycles. The Labute approximate surface area is 256 Å². The first kappa shape index (κ1) is 34.6. The van der Waals surface area contributed by atoms with Crippen molar-refractivity contribution in [1.82, 2.24) is 4.90 Å². The smallest absolute Gasteiger partial charge is 0.0813 e. The first-order valence-corrected chi connectivity index (χ1v) is 17.8. The fraction of sp³-hybridized carbons (Fsp3) is 0.568. The molecule has 3 unspecified atom stereocenters. The molecule has 1 heterocycles. The van der Waals surface area contributed by atoms with Gasteiger partial charge in [0.25, 0.3) is 0 Å². The Morgan fingerprint density at radius 1 is 1.18 bits per heavy atom. The zero-order valence-corrected chi connectivity index (χ0v) is 28.4. The van der Waals surface area contributed by atoms with E-state index < -0.39 is 0 Å². The maximum atomic E-state index is 4.40. The number of hydrogen-bond acceptors (Lipinski definition) is 3. The van der Waals surface area contributed by atoms with E-state index in [-0.39, 0.29) is 0 Å². The van der Waals surface area contributed by atoms with Crippen LogP contribution >= 0.6 is 23.5 Å². The van der Waals surface area contributed by atoms with Crippen LogP contribution in [0.15, 0.2) is 72.5 Å². The summed E-state index contributed by atoms with van der Waals surface area (Å²) in [5.74, 6) is 4.32. The molecule has 3 atom stereocenters. The summed E-state index contributed by atoms with van der Waals surface area (Å²) < 4.78 is 0. The number of aryl methyl sites for hydroxylation is 2. The molecule has 0 radical (unpaired) electrons. The summed E-state index contributed by atoms with van der Waals surface area (Å²) in [5.41, 5.74) is 12.0. The molecule has 0 saturated heterocycles. The van der Waals surface area contributed by atoms with Gasteiger partial charge < -0.3 is 4.90 Å². The van der Waals surface area contributed by atoms with E-state index in [0.717, 1.165) is 23.8 Å². The minimum atomic E-state index is 0.457. The quantitative estimate of drug-likeness (QED) is 0.169. The molecule has 0 spiro atoms. The Morgan fingerprint density at radius 3 is 2.50 bits per heavy atom. The van der Waals surface area contributed by atoms with E-state index in [1.54, 1.807) is 28.3 Å². The average molecular weight is 580 g/mol. The second kappa shape index (κ2) is 18.1. The van der Waals surface area contributed by atoms with Gasteiger partial charge in [-0.15, -0.1) is 24.9 Å². The molecule has 0 amide bonds. The molecule has 40 heavy (non-hydrogen) atoms. The maximum absolute atomic E-state index is 4.40. The van der Waals surface area contributed by atoms with Crippen molar-refractivity contribution in [2.75, 3.05) is 18.1 Å². The monoisotopic (exact) mass is 579 g/mol. The molecule has 0 fully saturated rings. The van der Waals surface area contributed by atoms with Crippen LogP contribution in [-0.2, 0) is 12.2 Å². The number of hydrogen-bond donors (Lipinski definition) is 0. The first-order chi connectivity index (χ1) is 19.2. The van der Waals surface area contributed by atoms with Crippen LogP contribution in [0.5, 0.6) is 0 Å². The van der Waals surface area contributed by atoms with Crippen molar-refractivity contribution in [1.29, 1.82) is 0 Å². The van der Waals surface area contributed by atoms with Crippen molar-refractivity contribution in [3.05, 3.63) is 94.8 Å². The molecule has 0 bridgehead atoms. The van der Waals surface area contributed by atoms with E-state index in [9.17, 15) is 0 Å². The van der Waals surface area contributed by atoms with E-state index >= 15 is 0 Å². The molecule has 222 valence electrons. The summed E-state index contributed by atoms with van der Waals surface area (Å²) in [6.45, 7) is 28.5. The maximum Gasteiger partial charge on any atom is 0.0813 e. The fourth-order valence-electron chi connectivity index (χ4n) is 6.17. The summed E-state index contributed by atoms with van der Waals surface area (Å²) in [6, 6.07) is 5.06. The van der Waals surface area contributed by atoms with Crippen molar-refractivity contribution in [3.63, 3.8) is 0 Å². The molecular formula is C37H57NS2. The lowest BCUT2D eigenvalue weighted by atomic mass is 9.81. The van der Waals surface area contributed by atoms with Crippen LogP contribution in [0, 0.1) is 12.8 Å². The highest BCUT2D eigenvalue weighted by atomic mass is 32.2. The van der Waals surface area contributed by atoms with Crippen molar-refractivity contribution in [3.8, 4) is 0 Å². The zero-order chi connectivity index (χ0) is 29.7. The molecule has 0 aromatic heterocycles. The minimum absolute atomic E-state index is 0.457. The second-order valence-corrected chi connectivity index (χ2v) is 13.8. The van der Waals surface area contributed by atoms with Gasteiger partial charge in [0, 0.05) is 41.3 Å².